The molecule has 1 atom stereocenters. The molecule has 0 rings (SSSR count). The second-order valence-electron chi connectivity index (χ2n) is 3.31. The van der Waals surface area contributed by atoms with E-state index in [-0.39, 0.29) is 0 Å². The molecule has 1 unspecified atom stereocenters. The minimum atomic E-state index is 0.697. The van der Waals surface area contributed by atoms with Gasteiger partial charge in [0, 0.05) is 0 Å². The highest BCUT2D eigenvalue weighted by atomic mass is 14.0. The second-order valence-corrected chi connectivity index (χ2v) is 3.31. The summed E-state index contributed by atoms with van der Waals surface area (Å²) in [5.74, 6) is 0.697. The van der Waals surface area contributed by atoms with E-state index < -0.39 is 0 Å². The third-order valence-electron chi connectivity index (χ3n) is 2.21. The van der Waals surface area contributed by atoms with Crippen molar-refractivity contribution in [3.8, 4) is 0 Å². The first kappa shape index (κ1) is 11.5. The predicted molar refractivity (Wildman–Crippen MR) is 57.3 cm³/mol. The Kier molecular flexibility index (Phi) is 6.84. The van der Waals surface area contributed by atoms with Gasteiger partial charge < -0.3 is 0 Å². The molecule has 0 saturated heterocycles. The zero-order valence-corrected chi connectivity index (χ0v) is 8.93. The first-order chi connectivity index (χ1) is 5.74. The molecular formula is C12H22. The summed E-state index contributed by atoms with van der Waals surface area (Å²) in [7, 11) is 0. The van der Waals surface area contributed by atoms with Crippen LogP contribution in [0, 0.1) is 5.92 Å². The van der Waals surface area contributed by atoms with Crippen LogP contribution >= 0.6 is 0 Å². The molecule has 0 fully saturated rings. The zero-order chi connectivity index (χ0) is 9.40. The molecular weight excluding hydrogens is 144 g/mol. The summed E-state index contributed by atoms with van der Waals surface area (Å²) in [6.07, 6.45) is 10.4. The summed E-state index contributed by atoms with van der Waals surface area (Å²) in [4.78, 5) is 0. The molecule has 0 spiro atoms. The Labute approximate surface area is 77.4 Å². The van der Waals surface area contributed by atoms with Crippen LogP contribution in [0.1, 0.15) is 47.0 Å². The van der Waals surface area contributed by atoms with Gasteiger partial charge in [-0.25, -0.2) is 0 Å². The van der Waals surface area contributed by atoms with E-state index in [0.717, 1.165) is 0 Å². The van der Waals surface area contributed by atoms with Gasteiger partial charge in [-0.1, -0.05) is 44.6 Å². The molecule has 0 aliphatic carbocycles. The quantitative estimate of drug-likeness (QED) is 0.533. The molecule has 0 saturated carbocycles. The van der Waals surface area contributed by atoms with E-state index in [1.54, 1.807) is 5.57 Å². The van der Waals surface area contributed by atoms with Gasteiger partial charge in [-0.15, -0.1) is 0 Å². The van der Waals surface area contributed by atoms with Gasteiger partial charge in [0.2, 0.25) is 0 Å². The summed E-state index contributed by atoms with van der Waals surface area (Å²) in [5, 5.41) is 0. The van der Waals surface area contributed by atoms with Crippen LogP contribution in [-0.4, -0.2) is 0 Å². The molecule has 0 radical (unpaired) electrons. The van der Waals surface area contributed by atoms with Crippen molar-refractivity contribution in [3.63, 3.8) is 0 Å². The predicted octanol–water partition coefficient (Wildman–Crippen LogP) is 4.34. The van der Waals surface area contributed by atoms with E-state index >= 15 is 0 Å². The number of allylic oxidation sites excluding steroid dienone is 4. The van der Waals surface area contributed by atoms with Crippen molar-refractivity contribution in [2.45, 2.75) is 47.0 Å². The molecule has 0 nitrogen and oxygen atoms in total. The third-order valence-corrected chi connectivity index (χ3v) is 2.21. The molecule has 0 bridgehead atoms. The molecule has 0 aromatic carbocycles. The van der Waals surface area contributed by atoms with Crippen LogP contribution in [0.5, 0.6) is 0 Å². The maximum Gasteiger partial charge on any atom is -0.0227 e. The van der Waals surface area contributed by atoms with Gasteiger partial charge in [0.15, 0.2) is 0 Å². The third kappa shape index (κ3) is 5.17. The molecule has 0 amide bonds. The van der Waals surface area contributed by atoms with E-state index in [0.29, 0.717) is 5.92 Å². The highest BCUT2D eigenvalue weighted by molar-refractivity contribution is 5.02. The van der Waals surface area contributed by atoms with E-state index in [4.69, 9.17) is 0 Å². The van der Waals surface area contributed by atoms with E-state index in [9.17, 15) is 0 Å². The van der Waals surface area contributed by atoms with Crippen LogP contribution in [0.3, 0.4) is 0 Å². The van der Waals surface area contributed by atoms with Gasteiger partial charge in [-0.2, -0.15) is 0 Å². The lowest BCUT2D eigenvalue weighted by molar-refractivity contribution is 0.733. The Bertz CT molecular complexity index is 145. The first-order valence-electron chi connectivity index (χ1n) is 5.05. The summed E-state index contributed by atoms with van der Waals surface area (Å²) < 4.78 is 0. The highest BCUT2D eigenvalue weighted by Crippen LogP contribution is 2.11. The topological polar surface area (TPSA) is 0 Å². The van der Waals surface area contributed by atoms with Crippen molar-refractivity contribution in [1.82, 2.24) is 0 Å². The van der Waals surface area contributed by atoms with Crippen LogP contribution in [0.4, 0.5) is 0 Å². The average molecular weight is 166 g/mol. The van der Waals surface area contributed by atoms with Crippen molar-refractivity contribution in [2.75, 3.05) is 0 Å². The van der Waals surface area contributed by atoms with Crippen molar-refractivity contribution in [3.05, 3.63) is 23.8 Å². The zero-order valence-electron chi connectivity index (χ0n) is 8.93. The molecule has 70 valence electrons. The van der Waals surface area contributed by atoms with Crippen molar-refractivity contribution in [2.24, 2.45) is 5.92 Å². The van der Waals surface area contributed by atoms with Gasteiger partial charge >= 0.3 is 0 Å². The first-order valence-corrected chi connectivity index (χ1v) is 5.05. The van der Waals surface area contributed by atoms with Gasteiger partial charge in [-0.3, -0.25) is 0 Å². The van der Waals surface area contributed by atoms with Gasteiger partial charge in [0.1, 0.15) is 0 Å². The van der Waals surface area contributed by atoms with E-state index in [1.807, 2.05) is 0 Å². The largest absolute Gasteiger partial charge is 0.0914 e. The van der Waals surface area contributed by atoms with Crippen LogP contribution in [0.25, 0.3) is 0 Å². The SMILES string of the molecule is CC=CC(C)CC=C(CC)CC. The fraction of sp³-hybridized carbons (Fsp3) is 0.667. The van der Waals surface area contributed by atoms with Crippen LogP contribution in [0.2, 0.25) is 0 Å². The molecule has 12 heavy (non-hydrogen) atoms. The Morgan fingerprint density at radius 1 is 1.25 bits per heavy atom. The smallest absolute Gasteiger partial charge is 0.0227 e. The van der Waals surface area contributed by atoms with Crippen LogP contribution < -0.4 is 0 Å². The standard InChI is InChI=1S/C12H22/c1-5-8-11(4)9-10-12(6-2)7-3/h5,8,10-11H,6-7,9H2,1-4H3. The molecule has 0 aromatic rings. The summed E-state index contributed by atoms with van der Waals surface area (Å²) >= 11 is 0. The molecule has 0 N–H and O–H groups in total. The number of hydrogen-bond donors (Lipinski definition) is 0. The number of hydrogen-bond acceptors (Lipinski definition) is 0. The van der Waals surface area contributed by atoms with Crippen LogP contribution in [-0.2, 0) is 0 Å². The Balaban J connectivity index is 3.83. The van der Waals surface area contributed by atoms with Crippen molar-refractivity contribution >= 4 is 0 Å². The van der Waals surface area contributed by atoms with Gasteiger partial charge in [-0.05, 0) is 32.1 Å². The minimum absolute atomic E-state index is 0.697. The lowest BCUT2D eigenvalue weighted by Crippen LogP contribution is -1.87. The molecule has 0 heteroatoms. The van der Waals surface area contributed by atoms with E-state index in [1.165, 1.54) is 19.3 Å². The molecule has 0 aliphatic rings. The molecule has 0 aromatic heterocycles. The average Bonchev–Trinajstić information content (AvgIpc) is 2.07. The maximum atomic E-state index is 2.39. The van der Waals surface area contributed by atoms with Gasteiger partial charge in [0.25, 0.3) is 0 Å². The summed E-state index contributed by atoms with van der Waals surface area (Å²) in [6.45, 7) is 8.81. The van der Waals surface area contributed by atoms with Gasteiger partial charge in [0.05, 0.1) is 0 Å². The normalized spacial score (nSPS) is 13.3. The maximum absolute atomic E-state index is 2.39. The monoisotopic (exact) mass is 166 g/mol. The van der Waals surface area contributed by atoms with Crippen LogP contribution in [0.15, 0.2) is 23.8 Å². The Hall–Kier alpha value is -0.520. The highest BCUT2D eigenvalue weighted by Gasteiger charge is 1.94. The lowest BCUT2D eigenvalue weighted by atomic mass is 10.0. The molecule has 0 aliphatic heterocycles. The fourth-order valence-corrected chi connectivity index (χ4v) is 1.30. The Morgan fingerprint density at radius 2 is 1.83 bits per heavy atom. The lowest BCUT2D eigenvalue weighted by Gasteiger charge is -2.03. The summed E-state index contributed by atoms with van der Waals surface area (Å²) in [5.41, 5.74) is 1.59. The Morgan fingerprint density at radius 3 is 2.25 bits per heavy atom. The van der Waals surface area contributed by atoms with Crippen molar-refractivity contribution in [1.29, 1.82) is 0 Å². The van der Waals surface area contributed by atoms with E-state index in [2.05, 4.69) is 45.9 Å². The number of rotatable bonds is 5. The van der Waals surface area contributed by atoms with Crippen molar-refractivity contribution < 1.29 is 0 Å². The minimum Gasteiger partial charge on any atom is -0.0914 e. The second kappa shape index (κ2) is 7.15. The molecule has 0 heterocycles. The fourth-order valence-electron chi connectivity index (χ4n) is 1.30. The summed E-state index contributed by atoms with van der Waals surface area (Å²) in [6, 6.07) is 0.